The van der Waals surface area contributed by atoms with Gasteiger partial charge in [0.2, 0.25) is 0 Å². The van der Waals surface area contributed by atoms with E-state index >= 15 is 0 Å². The fraction of sp³-hybridized carbons (Fsp3) is 0.500. The minimum Gasteiger partial charge on any atom is -0.469 e. The highest BCUT2D eigenvalue weighted by molar-refractivity contribution is 5.86. The third-order valence-corrected chi connectivity index (χ3v) is 5.21. The van der Waals surface area contributed by atoms with Crippen LogP contribution in [0.5, 0.6) is 0 Å². The van der Waals surface area contributed by atoms with Crippen molar-refractivity contribution in [2.45, 2.75) is 26.2 Å². The third kappa shape index (κ3) is 3.84. The van der Waals surface area contributed by atoms with Gasteiger partial charge in [0, 0.05) is 43.8 Å². The number of ether oxygens (including phenoxy) is 1. The zero-order valence-electron chi connectivity index (χ0n) is 15.8. The second kappa shape index (κ2) is 8.25. The summed E-state index contributed by atoms with van der Waals surface area (Å²) in [6.45, 7) is 4.62. The Balaban J connectivity index is 1.54. The number of hydrogen-bond acceptors (Lipinski definition) is 3. The number of carbonyl (C=O) groups is 1. The number of fused-ring (bicyclic) bond motifs is 1. The second-order valence-corrected chi connectivity index (χ2v) is 6.82. The topological polar surface area (TPSA) is 69.7 Å². The molecule has 3 rings (SSSR count). The average molecular weight is 356 g/mol. The first kappa shape index (κ1) is 18.3. The normalized spacial score (nSPS) is 16.1. The van der Waals surface area contributed by atoms with Gasteiger partial charge in [-0.25, -0.2) is 0 Å². The number of nitrogens with zero attached hydrogens (tertiary/aromatic N) is 2. The molecule has 2 aromatic rings. The van der Waals surface area contributed by atoms with Crippen molar-refractivity contribution in [2.24, 2.45) is 10.9 Å². The van der Waals surface area contributed by atoms with Crippen LogP contribution in [0.1, 0.15) is 24.0 Å². The molecule has 1 fully saturated rings. The van der Waals surface area contributed by atoms with Gasteiger partial charge in [0.25, 0.3) is 0 Å². The maximum absolute atomic E-state index is 11.7. The van der Waals surface area contributed by atoms with Crippen LogP contribution in [0.2, 0.25) is 0 Å². The molecule has 6 heteroatoms. The number of piperidine rings is 1. The summed E-state index contributed by atoms with van der Waals surface area (Å²) in [5.74, 6) is 0.829. The van der Waals surface area contributed by atoms with Crippen molar-refractivity contribution in [1.29, 1.82) is 0 Å². The molecule has 6 nitrogen and oxygen atoms in total. The van der Waals surface area contributed by atoms with E-state index in [-0.39, 0.29) is 11.9 Å². The van der Waals surface area contributed by atoms with Crippen molar-refractivity contribution in [3.8, 4) is 0 Å². The molecule has 1 aliphatic rings. The van der Waals surface area contributed by atoms with Crippen LogP contribution in [-0.4, -0.2) is 55.6 Å². The van der Waals surface area contributed by atoms with Crippen LogP contribution >= 0.6 is 0 Å². The highest BCUT2D eigenvalue weighted by Crippen LogP contribution is 2.22. The molecule has 0 saturated carbocycles. The Morgan fingerprint density at radius 3 is 2.85 bits per heavy atom. The molecule has 0 aliphatic carbocycles. The predicted octanol–water partition coefficient (Wildman–Crippen LogP) is 2.48. The largest absolute Gasteiger partial charge is 0.469 e. The quantitative estimate of drug-likeness (QED) is 0.502. The van der Waals surface area contributed by atoms with E-state index in [1.54, 1.807) is 0 Å². The lowest BCUT2D eigenvalue weighted by atomic mass is 9.97. The summed E-state index contributed by atoms with van der Waals surface area (Å²) in [4.78, 5) is 21.6. The van der Waals surface area contributed by atoms with Gasteiger partial charge >= 0.3 is 5.97 Å². The van der Waals surface area contributed by atoms with Crippen molar-refractivity contribution in [3.63, 3.8) is 0 Å². The van der Waals surface area contributed by atoms with Crippen LogP contribution in [0.25, 0.3) is 10.9 Å². The standard InChI is InChI=1S/C20H28N4O2/c1-14-5-4-6-17-18(14)16(13-23-17)7-10-22-20(21-2)24-11-8-15(9-12-24)19(25)26-3/h4-6,13,15,23H,7-12H2,1-3H3,(H,21,22). The van der Waals surface area contributed by atoms with E-state index in [1.165, 1.54) is 29.1 Å². The van der Waals surface area contributed by atoms with Gasteiger partial charge in [-0.15, -0.1) is 0 Å². The highest BCUT2D eigenvalue weighted by atomic mass is 16.5. The Morgan fingerprint density at radius 2 is 2.15 bits per heavy atom. The van der Waals surface area contributed by atoms with Crippen LogP contribution in [0.3, 0.4) is 0 Å². The predicted molar refractivity (Wildman–Crippen MR) is 104 cm³/mol. The molecule has 1 saturated heterocycles. The van der Waals surface area contributed by atoms with Gasteiger partial charge in [-0.3, -0.25) is 9.79 Å². The second-order valence-electron chi connectivity index (χ2n) is 6.82. The highest BCUT2D eigenvalue weighted by Gasteiger charge is 2.26. The molecule has 0 spiro atoms. The summed E-state index contributed by atoms with van der Waals surface area (Å²) in [5, 5.41) is 4.79. The number of aliphatic imine (C=N–C) groups is 1. The Hall–Kier alpha value is -2.50. The van der Waals surface area contributed by atoms with Gasteiger partial charge in [-0.2, -0.15) is 0 Å². The molecule has 0 bridgehead atoms. The molecule has 0 unspecified atom stereocenters. The van der Waals surface area contributed by atoms with E-state index in [2.05, 4.69) is 51.5 Å². The van der Waals surface area contributed by atoms with Gasteiger partial charge in [0.1, 0.15) is 0 Å². The van der Waals surface area contributed by atoms with E-state index in [0.717, 1.165) is 44.9 Å². The van der Waals surface area contributed by atoms with Gasteiger partial charge in [-0.05, 0) is 43.4 Å². The Bertz CT molecular complexity index is 788. The van der Waals surface area contributed by atoms with Crippen LogP contribution in [0, 0.1) is 12.8 Å². The smallest absolute Gasteiger partial charge is 0.308 e. The third-order valence-electron chi connectivity index (χ3n) is 5.21. The van der Waals surface area contributed by atoms with E-state index < -0.39 is 0 Å². The lowest BCUT2D eigenvalue weighted by molar-refractivity contribution is -0.146. The van der Waals surface area contributed by atoms with E-state index in [0.29, 0.717) is 0 Å². The first-order chi connectivity index (χ1) is 12.6. The number of H-pyrrole nitrogens is 1. The van der Waals surface area contributed by atoms with Crippen LogP contribution in [0.4, 0.5) is 0 Å². The number of rotatable bonds is 4. The number of aromatic amines is 1. The number of nitrogens with one attached hydrogen (secondary N) is 2. The fourth-order valence-electron chi connectivity index (χ4n) is 3.78. The summed E-state index contributed by atoms with van der Waals surface area (Å²) in [6, 6.07) is 6.34. The minimum atomic E-state index is -0.0951. The fourth-order valence-corrected chi connectivity index (χ4v) is 3.78. The molecule has 2 N–H and O–H groups in total. The number of benzene rings is 1. The number of esters is 1. The summed E-state index contributed by atoms with van der Waals surface area (Å²) in [7, 11) is 3.27. The van der Waals surface area contributed by atoms with Crippen molar-refractivity contribution >= 4 is 22.8 Å². The summed E-state index contributed by atoms with van der Waals surface area (Å²) < 4.78 is 4.86. The summed E-state index contributed by atoms with van der Waals surface area (Å²) in [5.41, 5.74) is 3.81. The van der Waals surface area contributed by atoms with E-state index in [4.69, 9.17) is 4.74 Å². The Morgan fingerprint density at radius 1 is 1.38 bits per heavy atom. The number of likely N-dealkylation sites (tertiary alicyclic amines) is 1. The molecule has 1 aromatic heterocycles. The number of hydrogen-bond donors (Lipinski definition) is 2. The number of carbonyl (C=O) groups excluding carboxylic acids is 1. The monoisotopic (exact) mass is 356 g/mol. The molecular weight excluding hydrogens is 328 g/mol. The van der Waals surface area contributed by atoms with Gasteiger partial charge in [0.05, 0.1) is 13.0 Å². The summed E-state index contributed by atoms with van der Waals surface area (Å²) in [6.07, 6.45) is 4.66. The molecular formula is C20H28N4O2. The molecule has 140 valence electrons. The van der Waals surface area contributed by atoms with E-state index in [9.17, 15) is 4.79 Å². The first-order valence-electron chi connectivity index (χ1n) is 9.23. The maximum atomic E-state index is 11.7. The Kier molecular flexibility index (Phi) is 5.81. The van der Waals surface area contributed by atoms with Crippen molar-refractivity contribution in [2.75, 3.05) is 33.8 Å². The van der Waals surface area contributed by atoms with Gasteiger partial charge < -0.3 is 19.9 Å². The van der Waals surface area contributed by atoms with E-state index in [1.807, 2.05) is 7.05 Å². The molecule has 1 aliphatic heterocycles. The number of aryl methyl sites for hydroxylation is 1. The Labute approximate surface area is 154 Å². The number of guanidine groups is 1. The number of aromatic nitrogens is 1. The maximum Gasteiger partial charge on any atom is 0.308 e. The molecule has 2 heterocycles. The van der Waals surface area contributed by atoms with Crippen molar-refractivity contribution in [1.82, 2.24) is 15.2 Å². The lowest BCUT2D eigenvalue weighted by Gasteiger charge is -2.33. The zero-order chi connectivity index (χ0) is 18.5. The summed E-state index contributed by atoms with van der Waals surface area (Å²) >= 11 is 0. The van der Waals surface area contributed by atoms with Crippen LogP contribution in [0.15, 0.2) is 29.4 Å². The minimum absolute atomic E-state index is 0.0172. The van der Waals surface area contributed by atoms with Crippen molar-refractivity contribution < 1.29 is 9.53 Å². The van der Waals surface area contributed by atoms with Crippen LogP contribution in [-0.2, 0) is 16.0 Å². The molecule has 0 radical (unpaired) electrons. The SMILES string of the molecule is CN=C(NCCc1c[nH]c2cccc(C)c12)N1CCC(C(=O)OC)CC1. The number of methoxy groups -OCH3 is 1. The lowest BCUT2D eigenvalue weighted by Crippen LogP contribution is -2.47. The molecule has 0 amide bonds. The zero-order valence-corrected chi connectivity index (χ0v) is 15.8. The van der Waals surface area contributed by atoms with Crippen LogP contribution < -0.4 is 5.32 Å². The molecule has 26 heavy (non-hydrogen) atoms. The average Bonchev–Trinajstić information content (AvgIpc) is 3.09. The first-order valence-corrected chi connectivity index (χ1v) is 9.23. The van der Waals surface area contributed by atoms with Crippen molar-refractivity contribution in [3.05, 3.63) is 35.5 Å². The van der Waals surface area contributed by atoms with Gasteiger partial charge in [0.15, 0.2) is 5.96 Å². The molecule has 0 atom stereocenters. The molecule has 1 aromatic carbocycles. The van der Waals surface area contributed by atoms with Gasteiger partial charge in [-0.1, -0.05) is 12.1 Å².